The van der Waals surface area contributed by atoms with Crippen molar-refractivity contribution in [3.63, 3.8) is 0 Å². The van der Waals surface area contributed by atoms with Gasteiger partial charge in [-0.15, -0.1) is 0 Å². The third kappa shape index (κ3) is 2.19. The molecule has 1 aliphatic heterocycles. The number of nitrogens with one attached hydrogen (secondary N) is 1. The Hall–Kier alpha value is -0.740. The van der Waals surface area contributed by atoms with Crippen molar-refractivity contribution in [2.24, 2.45) is 0 Å². The fraction of sp³-hybridized carbons (Fsp3) is 0.500. The maximum absolute atomic E-state index is 12.0. The molecular formula is C10H14N2OS. The molecule has 0 amide bonds. The molecule has 14 heavy (non-hydrogen) atoms. The Morgan fingerprint density at radius 2 is 2.21 bits per heavy atom. The Balaban J connectivity index is 2.07. The molecular weight excluding hydrogens is 196 g/mol. The second-order valence-electron chi connectivity index (χ2n) is 3.45. The van der Waals surface area contributed by atoms with Crippen molar-refractivity contribution in [2.45, 2.75) is 23.0 Å². The molecule has 2 rings (SSSR count). The van der Waals surface area contributed by atoms with Gasteiger partial charge in [0, 0.05) is 23.8 Å². The molecule has 2 heterocycles. The van der Waals surface area contributed by atoms with Crippen molar-refractivity contribution in [1.82, 2.24) is 10.3 Å². The largest absolute Gasteiger partial charge is 0.316 e. The average Bonchev–Trinajstić information content (AvgIpc) is 2.30. The zero-order valence-corrected chi connectivity index (χ0v) is 8.80. The summed E-state index contributed by atoms with van der Waals surface area (Å²) in [5, 5.41) is 3.55. The zero-order valence-electron chi connectivity index (χ0n) is 7.98. The van der Waals surface area contributed by atoms with E-state index in [9.17, 15) is 4.21 Å². The lowest BCUT2D eigenvalue weighted by Gasteiger charge is -2.21. The van der Waals surface area contributed by atoms with Crippen LogP contribution in [0.5, 0.6) is 0 Å². The number of aromatic nitrogens is 1. The Morgan fingerprint density at radius 1 is 1.43 bits per heavy atom. The van der Waals surface area contributed by atoms with Gasteiger partial charge in [0.15, 0.2) is 0 Å². The summed E-state index contributed by atoms with van der Waals surface area (Å²) in [7, 11) is -0.872. The average molecular weight is 210 g/mol. The van der Waals surface area contributed by atoms with E-state index in [1.807, 2.05) is 12.1 Å². The molecule has 0 aromatic carbocycles. The van der Waals surface area contributed by atoms with Crippen LogP contribution in [-0.2, 0) is 10.8 Å². The van der Waals surface area contributed by atoms with Crippen LogP contribution in [0.25, 0.3) is 0 Å². The highest BCUT2D eigenvalue weighted by atomic mass is 32.2. The summed E-state index contributed by atoms with van der Waals surface area (Å²) >= 11 is 0. The van der Waals surface area contributed by atoms with Crippen molar-refractivity contribution in [3.8, 4) is 0 Å². The minimum absolute atomic E-state index is 0.270. The van der Waals surface area contributed by atoms with E-state index in [0.717, 1.165) is 30.8 Å². The van der Waals surface area contributed by atoms with E-state index in [1.165, 1.54) is 0 Å². The minimum Gasteiger partial charge on any atom is -0.316 e. The summed E-state index contributed by atoms with van der Waals surface area (Å²) in [6.07, 6.45) is 5.58. The number of rotatable bonds is 2. The van der Waals surface area contributed by atoms with Crippen molar-refractivity contribution in [1.29, 1.82) is 0 Å². The molecule has 0 unspecified atom stereocenters. The molecule has 0 bridgehead atoms. The van der Waals surface area contributed by atoms with Gasteiger partial charge in [-0.05, 0) is 31.5 Å². The number of nitrogens with zero attached hydrogens (tertiary/aromatic N) is 1. The molecule has 1 N–H and O–H groups in total. The predicted octanol–water partition coefficient (Wildman–Crippen LogP) is 0.941. The van der Waals surface area contributed by atoms with E-state index in [0.29, 0.717) is 0 Å². The molecule has 0 saturated carbocycles. The van der Waals surface area contributed by atoms with Crippen LogP contribution in [0.2, 0.25) is 0 Å². The Labute approximate surface area is 86.4 Å². The smallest absolute Gasteiger partial charge is 0.0574 e. The Morgan fingerprint density at radius 3 is 2.86 bits per heavy atom. The normalized spacial score (nSPS) is 24.4. The summed E-state index contributed by atoms with van der Waals surface area (Å²) in [5.74, 6) is 0. The second kappa shape index (κ2) is 4.66. The van der Waals surface area contributed by atoms with Gasteiger partial charge in [-0.1, -0.05) is 0 Å². The lowest BCUT2D eigenvalue weighted by molar-refractivity contribution is 0.519. The molecule has 76 valence electrons. The maximum atomic E-state index is 12.0. The SMILES string of the molecule is O=[S@](c1ccncc1)[C@@H]1CCCNC1. The monoisotopic (exact) mass is 210 g/mol. The van der Waals surface area contributed by atoms with Gasteiger partial charge in [0.05, 0.1) is 16.0 Å². The highest BCUT2D eigenvalue weighted by Crippen LogP contribution is 2.15. The van der Waals surface area contributed by atoms with Crippen molar-refractivity contribution in [3.05, 3.63) is 24.5 Å². The maximum Gasteiger partial charge on any atom is 0.0574 e. The van der Waals surface area contributed by atoms with E-state index < -0.39 is 10.8 Å². The molecule has 1 saturated heterocycles. The van der Waals surface area contributed by atoms with Gasteiger partial charge >= 0.3 is 0 Å². The first-order valence-corrected chi connectivity index (χ1v) is 6.10. The quantitative estimate of drug-likeness (QED) is 0.790. The molecule has 1 aromatic rings. The van der Waals surface area contributed by atoms with Crippen LogP contribution in [-0.4, -0.2) is 27.5 Å². The van der Waals surface area contributed by atoms with E-state index in [-0.39, 0.29) is 5.25 Å². The lowest BCUT2D eigenvalue weighted by atomic mass is 10.2. The molecule has 1 fully saturated rings. The molecule has 1 aliphatic rings. The van der Waals surface area contributed by atoms with Crippen LogP contribution in [0.3, 0.4) is 0 Å². The summed E-state index contributed by atoms with van der Waals surface area (Å²) in [6, 6.07) is 3.68. The van der Waals surface area contributed by atoms with Crippen molar-refractivity contribution >= 4 is 10.8 Å². The van der Waals surface area contributed by atoms with Crippen molar-refractivity contribution in [2.75, 3.05) is 13.1 Å². The number of hydrogen-bond acceptors (Lipinski definition) is 3. The van der Waals surface area contributed by atoms with Gasteiger partial charge < -0.3 is 5.32 Å². The lowest BCUT2D eigenvalue weighted by Crippen LogP contribution is -2.36. The fourth-order valence-corrected chi connectivity index (χ4v) is 3.09. The van der Waals surface area contributed by atoms with E-state index in [1.54, 1.807) is 12.4 Å². The Kier molecular flexibility index (Phi) is 3.26. The number of hydrogen-bond donors (Lipinski definition) is 1. The Bertz CT molecular complexity index is 309. The first kappa shape index (κ1) is 9.80. The summed E-state index contributed by atoms with van der Waals surface area (Å²) < 4.78 is 12.0. The summed E-state index contributed by atoms with van der Waals surface area (Å²) in [4.78, 5) is 4.82. The van der Waals surface area contributed by atoms with Gasteiger partial charge in [-0.3, -0.25) is 9.19 Å². The first-order valence-electron chi connectivity index (χ1n) is 4.89. The highest BCUT2D eigenvalue weighted by Gasteiger charge is 2.20. The molecule has 0 radical (unpaired) electrons. The van der Waals surface area contributed by atoms with Crippen LogP contribution in [0, 0.1) is 0 Å². The van der Waals surface area contributed by atoms with E-state index >= 15 is 0 Å². The van der Waals surface area contributed by atoms with Crippen molar-refractivity contribution < 1.29 is 4.21 Å². The van der Waals surface area contributed by atoms with Crippen LogP contribution >= 0.6 is 0 Å². The van der Waals surface area contributed by atoms with Crippen LogP contribution < -0.4 is 5.32 Å². The number of pyridine rings is 1. The minimum atomic E-state index is -0.872. The molecule has 4 heteroatoms. The summed E-state index contributed by atoms with van der Waals surface area (Å²) in [5.41, 5.74) is 0. The molecule has 3 nitrogen and oxygen atoms in total. The topological polar surface area (TPSA) is 42.0 Å². The molecule has 1 aromatic heterocycles. The molecule has 0 aliphatic carbocycles. The predicted molar refractivity (Wildman–Crippen MR) is 56.5 cm³/mol. The standard InChI is InChI=1S/C10H14N2OS/c13-14(9-3-6-11-7-4-9)10-2-1-5-12-8-10/h3-4,6-7,10,12H,1-2,5,8H2/t10-,14-/m1/s1. The van der Waals surface area contributed by atoms with E-state index in [2.05, 4.69) is 10.3 Å². The number of piperidine rings is 1. The van der Waals surface area contributed by atoms with Crippen LogP contribution in [0.15, 0.2) is 29.4 Å². The molecule has 0 spiro atoms. The van der Waals surface area contributed by atoms with Gasteiger partial charge in [0.25, 0.3) is 0 Å². The van der Waals surface area contributed by atoms with Gasteiger partial charge in [-0.25, -0.2) is 0 Å². The highest BCUT2D eigenvalue weighted by molar-refractivity contribution is 7.85. The van der Waals surface area contributed by atoms with Crippen LogP contribution in [0.1, 0.15) is 12.8 Å². The van der Waals surface area contributed by atoms with Gasteiger partial charge in [0.2, 0.25) is 0 Å². The summed E-state index contributed by atoms with van der Waals surface area (Å²) in [6.45, 7) is 1.93. The second-order valence-corrected chi connectivity index (χ2v) is 5.18. The third-order valence-corrected chi connectivity index (χ3v) is 4.18. The van der Waals surface area contributed by atoms with Crippen LogP contribution in [0.4, 0.5) is 0 Å². The van der Waals surface area contributed by atoms with Gasteiger partial charge in [0.1, 0.15) is 0 Å². The third-order valence-electron chi connectivity index (χ3n) is 2.44. The fourth-order valence-electron chi connectivity index (χ4n) is 1.67. The molecule has 2 atom stereocenters. The van der Waals surface area contributed by atoms with E-state index in [4.69, 9.17) is 0 Å². The first-order chi connectivity index (χ1) is 6.88. The van der Waals surface area contributed by atoms with Gasteiger partial charge in [-0.2, -0.15) is 0 Å². The zero-order chi connectivity index (χ0) is 9.80.